The Labute approximate surface area is 123 Å². The maximum absolute atomic E-state index is 6.35. The molecule has 0 N–H and O–H groups in total. The zero-order valence-electron chi connectivity index (χ0n) is 10.6. The van der Waals surface area contributed by atoms with Crippen molar-refractivity contribution in [2.45, 2.75) is 45.4 Å². The van der Waals surface area contributed by atoms with Crippen molar-refractivity contribution < 1.29 is 0 Å². The van der Waals surface area contributed by atoms with E-state index in [1.165, 1.54) is 5.56 Å². The van der Waals surface area contributed by atoms with Crippen molar-refractivity contribution in [3.05, 3.63) is 33.3 Å². The van der Waals surface area contributed by atoms with Gasteiger partial charge in [-0.3, -0.25) is 0 Å². The van der Waals surface area contributed by atoms with Crippen molar-refractivity contribution in [2.75, 3.05) is 0 Å². The van der Waals surface area contributed by atoms with E-state index in [-0.39, 0.29) is 10.8 Å². The Morgan fingerprint density at radius 1 is 1.29 bits per heavy atom. The Kier molecular flexibility index (Phi) is 5.82. The van der Waals surface area contributed by atoms with E-state index < -0.39 is 0 Å². The molecule has 0 fully saturated rings. The quantitative estimate of drug-likeness (QED) is 0.584. The molecule has 0 aromatic heterocycles. The largest absolute Gasteiger partial charge is 0.122 e. The molecule has 0 bridgehead atoms. The molecule has 1 aromatic carbocycles. The zero-order chi connectivity index (χ0) is 13.1. The first-order chi connectivity index (χ1) is 7.80. The lowest BCUT2D eigenvalue weighted by Gasteiger charge is -2.25. The molecule has 1 aromatic rings. The second-order valence-corrected chi connectivity index (χ2v) is 7.31. The van der Waals surface area contributed by atoms with Crippen LogP contribution < -0.4 is 0 Å². The summed E-state index contributed by atoms with van der Waals surface area (Å²) in [6, 6.07) is 6.05. The summed E-state index contributed by atoms with van der Waals surface area (Å²) in [5.74, 6) is 0. The monoisotopic (exact) mass is 336 g/mol. The molecule has 0 aliphatic rings. The first kappa shape index (κ1) is 15.3. The molecular formula is C14H19BrCl2. The van der Waals surface area contributed by atoms with E-state index in [9.17, 15) is 0 Å². The van der Waals surface area contributed by atoms with Crippen LogP contribution in [0.3, 0.4) is 0 Å². The van der Waals surface area contributed by atoms with Crippen LogP contribution in [0.5, 0.6) is 0 Å². The van der Waals surface area contributed by atoms with Gasteiger partial charge in [0.2, 0.25) is 0 Å². The Balaban J connectivity index is 2.46. The lowest BCUT2D eigenvalue weighted by Crippen LogP contribution is -2.20. The van der Waals surface area contributed by atoms with Gasteiger partial charge in [-0.1, -0.05) is 54.4 Å². The summed E-state index contributed by atoms with van der Waals surface area (Å²) in [4.78, 5) is 0. The van der Waals surface area contributed by atoms with E-state index in [1.807, 2.05) is 12.1 Å². The Morgan fingerprint density at radius 2 is 1.94 bits per heavy atom. The third kappa shape index (κ3) is 5.19. The fraction of sp³-hybridized carbons (Fsp3) is 0.571. The molecule has 0 nitrogen and oxygen atoms in total. The van der Waals surface area contributed by atoms with Gasteiger partial charge < -0.3 is 0 Å². The summed E-state index contributed by atoms with van der Waals surface area (Å²) in [6.07, 6.45) is 3.09. The minimum Gasteiger partial charge on any atom is -0.122 e. The number of aryl methyl sites for hydroxylation is 1. The van der Waals surface area contributed by atoms with Gasteiger partial charge in [-0.15, -0.1) is 11.6 Å². The predicted molar refractivity (Wildman–Crippen MR) is 81.2 cm³/mol. The van der Waals surface area contributed by atoms with E-state index in [0.717, 1.165) is 28.8 Å². The van der Waals surface area contributed by atoms with E-state index >= 15 is 0 Å². The van der Waals surface area contributed by atoms with Crippen molar-refractivity contribution in [1.82, 2.24) is 0 Å². The predicted octanol–water partition coefficient (Wildman–Crippen LogP) is 6.08. The Bertz CT molecular complexity index is 369. The first-order valence-corrected chi connectivity index (χ1v) is 7.49. The van der Waals surface area contributed by atoms with Gasteiger partial charge in [-0.05, 0) is 42.4 Å². The normalized spacial score (nSPS) is 13.8. The van der Waals surface area contributed by atoms with Crippen molar-refractivity contribution in [2.24, 2.45) is 5.41 Å². The first-order valence-electron chi connectivity index (χ1n) is 5.88. The van der Waals surface area contributed by atoms with Crippen LogP contribution in [0.25, 0.3) is 0 Å². The molecular weight excluding hydrogens is 319 g/mol. The molecule has 1 atom stereocenters. The number of benzene rings is 1. The second-order valence-electron chi connectivity index (χ2n) is 5.46. The van der Waals surface area contributed by atoms with Gasteiger partial charge in [0.15, 0.2) is 0 Å². The van der Waals surface area contributed by atoms with Crippen LogP contribution in [0.4, 0.5) is 0 Å². The van der Waals surface area contributed by atoms with Crippen LogP contribution >= 0.6 is 39.1 Å². The highest BCUT2D eigenvalue weighted by molar-refractivity contribution is 9.10. The Hall–Kier alpha value is 0.280. The van der Waals surface area contributed by atoms with Gasteiger partial charge in [0.25, 0.3) is 0 Å². The van der Waals surface area contributed by atoms with E-state index in [0.29, 0.717) is 0 Å². The summed E-state index contributed by atoms with van der Waals surface area (Å²) in [7, 11) is 0. The fourth-order valence-electron chi connectivity index (χ4n) is 1.63. The SMILES string of the molecule is CC(C)(C)C(Cl)CCCc1ccc(Br)cc1Cl. The third-order valence-electron chi connectivity index (χ3n) is 2.86. The molecule has 0 heterocycles. The topological polar surface area (TPSA) is 0 Å². The summed E-state index contributed by atoms with van der Waals surface area (Å²) in [6.45, 7) is 6.53. The van der Waals surface area contributed by atoms with Crippen LogP contribution in [-0.4, -0.2) is 5.38 Å². The fourth-order valence-corrected chi connectivity index (χ4v) is 2.55. The summed E-state index contributed by atoms with van der Waals surface area (Å²) in [5, 5.41) is 1.05. The minimum absolute atomic E-state index is 0.172. The summed E-state index contributed by atoms with van der Waals surface area (Å²) in [5.41, 5.74) is 1.37. The maximum Gasteiger partial charge on any atom is 0.0449 e. The van der Waals surface area contributed by atoms with Crippen LogP contribution in [0.1, 0.15) is 39.2 Å². The molecule has 0 saturated carbocycles. The van der Waals surface area contributed by atoms with Gasteiger partial charge in [0.1, 0.15) is 0 Å². The molecule has 1 unspecified atom stereocenters. The maximum atomic E-state index is 6.35. The smallest absolute Gasteiger partial charge is 0.0449 e. The van der Waals surface area contributed by atoms with E-state index in [4.69, 9.17) is 23.2 Å². The zero-order valence-corrected chi connectivity index (χ0v) is 13.7. The molecule has 3 heteroatoms. The van der Waals surface area contributed by atoms with E-state index in [1.54, 1.807) is 0 Å². The number of rotatable bonds is 4. The van der Waals surface area contributed by atoms with Gasteiger partial charge in [0, 0.05) is 14.9 Å². The highest BCUT2D eigenvalue weighted by Crippen LogP contribution is 2.29. The summed E-state index contributed by atoms with van der Waals surface area (Å²) >= 11 is 15.9. The molecule has 0 spiro atoms. The van der Waals surface area contributed by atoms with Gasteiger partial charge >= 0.3 is 0 Å². The average Bonchev–Trinajstić information content (AvgIpc) is 2.19. The highest BCUT2D eigenvalue weighted by Gasteiger charge is 2.21. The number of halogens is 3. The van der Waals surface area contributed by atoms with Crippen LogP contribution in [-0.2, 0) is 6.42 Å². The van der Waals surface area contributed by atoms with Crippen molar-refractivity contribution >= 4 is 39.1 Å². The van der Waals surface area contributed by atoms with Crippen LogP contribution in [0.2, 0.25) is 5.02 Å². The van der Waals surface area contributed by atoms with Crippen molar-refractivity contribution in [3.63, 3.8) is 0 Å². The number of hydrogen-bond acceptors (Lipinski definition) is 0. The molecule has 0 amide bonds. The molecule has 1 rings (SSSR count). The standard InChI is InChI=1S/C14H19BrCl2/c1-14(2,3)13(17)6-4-5-10-7-8-11(15)9-12(10)16/h7-9,13H,4-6H2,1-3H3. The molecule has 0 radical (unpaired) electrons. The van der Waals surface area contributed by atoms with E-state index in [2.05, 4.69) is 42.8 Å². The number of hydrogen-bond donors (Lipinski definition) is 0. The molecule has 0 saturated heterocycles. The minimum atomic E-state index is 0.172. The molecule has 0 aliphatic carbocycles. The lowest BCUT2D eigenvalue weighted by atomic mass is 9.88. The van der Waals surface area contributed by atoms with Crippen LogP contribution in [0, 0.1) is 5.41 Å². The Morgan fingerprint density at radius 3 is 2.47 bits per heavy atom. The van der Waals surface area contributed by atoms with Gasteiger partial charge in [-0.25, -0.2) is 0 Å². The average molecular weight is 338 g/mol. The van der Waals surface area contributed by atoms with Crippen LogP contribution in [0.15, 0.2) is 22.7 Å². The molecule has 96 valence electrons. The number of alkyl halides is 1. The highest BCUT2D eigenvalue weighted by atomic mass is 79.9. The summed E-state index contributed by atoms with van der Waals surface area (Å²) < 4.78 is 1.02. The molecule has 0 aliphatic heterocycles. The molecule has 17 heavy (non-hydrogen) atoms. The van der Waals surface area contributed by atoms with Gasteiger partial charge in [-0.2, -0.15) is 0 Å². The van der Waals surface area contributed by atoms with Crippen molar-refractivity contribution in [3.8, 4) is 0 Å². The lowest BCUT2D eigenvalue weighted by molar-refractivity contribution is 0.369. The third-order valence-corrected chi connectivity index (χ3v) is 4.58. The van der Waals surface area contributed by atoms with Gasteiger partial charge in [0.05, 0.1) is 0 Å². The second kappa shape index (κ2) is 6.45. The van der Waals surface area contributed by atoms with Crippen molar-refractivity contribution in [1.29, 1.82) is 0 Å².